The molecule has 0 aliphatic carbocycles. The van der Waals surface area contributed by atoms with E-state index in [2.05, 4.69) is 39.0 Å². The lowest BCUT2D eigenvalue weighted by atomic mass is 10.6. The van der Waals surface area contributed by atoms with Crippen LogP contribution in [-0.2, 0) is 13.6 Å². The normalized spacial score (nSPS) is 16.1. The summed E-state index contributed by atoms with van der Waals surface area (Å²) in [6.07, 6.45) is 2.11. The minimum atomic E-state index is -3.90. The number of rotatable bonds is 2. The van der Waals surface area contributed by atoms with Crippen LogP contribution in [0.3, 0.4) is 0 Å². The summed E-state index contributed by atoms with van der Waals surface area (Å²) in [7, 11) is 2.35. The van der Waals surface area contributed by atoms with E-state index in [-0.39, 0.29) is 0 Å². The molecule has 84 valence electrons. The lowest BCUT2D eigenvalue weighted by molar-refractivity contribution is -0.482. The first-order valence-corrected chi connectivity index (χ1v) is 5.55. The summed E-state index contributed by atoms with van der Waals surface area (Å²) in [6, 6.07) is 0. The van der Waals surface area contributed by atoms with Gasteiger partial charge < -0.3 is 13.9 Å². The first-order valence-electron chi connectivity index (χ1n) is 4.09. The molecule has 0 N–H and O–H groups in total. The highest BCUT2D eigenvalue weighted by atomic mass is 31.2. The Kier molecular flexibility index (Phi) is 5.95. The first-order chi connectivity index (χ1) is 6.41. The van der Waals surface area contributed by atoms with Gasteiger partial charge in [0.05, 0.1) is 14.1 Å². The zero-order valence-corrected chi connectivity index (χ0v) is 9.86. The van der Waals surface area contributed by atoms with Gasteiger partial charge in [-0.3, -0.25) is 14.0 Å². The van der Waals surface area contributed by atoms with Gasteiger partial charge in [0.2, 0.25) is 6.34 Å². The quantitative estimate of drug-likeness (QED) is 0.460. The molecule has 0 saturated carbocycles. The SMILES string of the molecule is CN1C=[N+](C)CC1.COP(=O)([O-])OC. The Labute approximate surface area is 84.4 Å². The molecular formula is C7H17N2O4P. The fourth-order valence-corrected chi connectivity index (χ4v) is 0.991. The summed E-state index contributed by atoms with van der Waals surface area (Å²) < 4.78 is 19.9. The van der Waals surface area contributed by atoms with Gasteiger partial charge in [-0.25, -0.2) is 0 Å². The van der Waals surface area contributed by atoms with Crippen molar-refractivity contribution in [3.63, 3.8) is 0 Å². The Morgan fingerprint density at radius 3 is 2.07 bits per heavy atom. The molecule has 0 amide bonds. The molecule has 0 bridgehead atoms. The van der Waals surface area contributed by atoms with E-state index >= 15 is 0 Å². The summed E-state index contributed by atoms with van der Waals surface area (Å²) >= 11 is 0. The van der Waals surface area contributed by atoms with Crippen LogP contribution in [0.5, 0.6) is 0 Å². The maximum atomic E-state index is 9.95. The smallest absolute Gasteiger partial charge is 0.267 e. The highest BCUT2D eigenvalue weighted by Gasteiger charge is 2.08. The van der Waals surface area contributed by atoms with Gasteiger partial charge in [-0.15, -0.1) is 0 Å². The molecule has 0 unspecified atom stereocenters. The molecule has 0 atom stereocenters. The van der Waals surface area contributed by atoms with E-state index in [1.54, 1.807) is 0 Å². The van der Waals surface area contributed by atoms with Gasteiger partial charge in [-0.2, -0.15) is 0 Å². The van der Waals surface area contributed by atoms with Crippen molar-refractivity contribution in [1.29, 1.82) is 0 Å². The molecule has 0 aromatic heterocycles. The molecule has 7 heteroatoms. The van der Waals surface area contributed by atoms with E-state index in [0.717, 1.165) is 14.2 Å². The second-order valence-corrected chi connectivity index (χ2v) is 4.51. The highest BCUT2D eigenvalue weighted by molar-refractivity contribution is 7.45. The highest BCUT2D eigenvalue weighted by Crippen LogP contribution is 2.34. The number of hydrogen-bond acceptors (Lipinski definition) is 5. The Balaban J connectivity index is 0.000000241. The molecule has 1 aliphatic rings. The van der Waals surface area contributed by atoms with Crippen molar-refractivity contribution in [3.8, 4) is 0 Å². The maximum absolute atomic E-state index is 9.95. The van der Waals surface area contributed by atoms with Crippen LogP contribution in [0, 0.1) is 0 Å². The molecule has 0 fully saturated rings. The third-order valence-corrected chi connectivity index (χ3v) is 2.54. The molecule has 0 aromatic carbocycles. The van der Waals surface area contributed by atoms with Crippen molar-refractivity contribution in [2.24, 2.45) is 0 Å². The second kappa shape index (κ2) is 6.14. The molecule has 1 aliphatic heterocycles. The average molecular weight is 224 g/mol. The molecule has 1 heterocycles. The fraction of sp³-hybridized carbons (Fsp3) is 0.857. The standard InChI is InChI=1S/C5H11N2.C2H7O4P/c1-6-3-4-7(2)5-6;1-5-7(3,4)6-2/h5H,3-4H2,1-2H3;1-2H3,(H,3,4)/q+1;/p-1. The second-order valence-electron chi connectivity index (χ2n) is 2.89. The number of nitrogens with zero attached hydrogens (tertiary/aromatic N) is 2. The predicted molar refractivity (Wildman–Crippen MR) is 51.4 cm³/mol. The lowest BCUT2D eigenvalue weighted by Crippen LogP contribution is -2.11. The summed E-state index contributed by atoms with van der Waals surface area (Å²) in [6.45, 7) is 2.35. The van der Waals surface area contributed by atoms with Crippen molar-refractivity contribution < 1.29 is 23.1 Å². The number of phosphoric ester groups is 1. The number of phosphoric acid groups is 1. The molecule has 0 spiro atoms. The van der Waals surface area contributed by atoms with Crippen molar-refractivity contribution in [2.45, 2.75) is 0 Å². The van der Waals surface area contributed by atoms with E-state index in [4.69, 9.17) is 0 Å². The zero-order valence-electron chi connectivity index (χ0n) is 8.97. The van der Waals surface area contributed by atoms with Crippen molar-refractivity contribution in [2.75, 3.05) is 41.4 Å². The average Bonchev–Trinajstić information content (AvgIpc) is 2.51. The monoisotopic (exact) mass is 224 g/mol. The van der Waals surface area contributed by atoms with Gasteiger partial charge in [-0.1, -0.05) is 0 Å². The summed E-state index contributed by atoms with van der Waals surface area (Å²) in [5.41, 5.74) is 0. The van der Waals surface area contributed by atoms with Gasteiger partial charge in [0.25, 0.3) is 7.82 Å². The van der Waals surface area contributed by atoms with Crippen molar-refractivity contribution in [3.05, 3.63) is 0 Å². The van der Waals surface area contributed by atoms with Gasteiger partial charge in [0.15, 0.2) is 0 Å². The largest absolute Gasteiger partial charge is 0.756 e. The molecule has 14 heavy (non-hydrogen) atoms. The Morgan fingerprint density at radius 1 is 1.50 bits per heavy atom. The van der Waals surface area contributed by atoms with E-state index in [1.165, 1.54) is 13.1 Å². The number of likely N-dealkylation sites (N-methyl/N-ethyl adjacent to an activating group) is 2. The summed E-state index contributed by atoms with van der Waals surface area (Å²) in [5, 5.41) is 0. The molecular weight excluding hydrogens is 207 g/mol. The first kappa shape index (κ1) is 13.6. The third kappa shape index (κ3) is 6.10. The molecule has 1 rings (SSSR count). The van der Waals surface area contributed by atoms with Crippen LogP contribution in [0.15, 0.2) is 0 Å². The van der Waals surface area contributed by atoms with Gasteiger partial charge in [0, 0.05) is 14.2 Å². The maximum Gasteiger partial charge on any atom is 0.267 e. The predicted octanol–water partition coefficient (Wildman–Crippen LogP) is -0.650. The minimum Gasteiger partial charge on any atom is -0.756 e. The zero-order chi connectivity index (χ0) is 11.2. The lowest BCUT2D eigenvalue weighted by Gasteiger charge is -2.16. The Hall–Kier alpha value is -0.420. The molecule has 0 aromatic rings. The fourth-order valence-electron chi connectivity index (χ4n) is 0.842. The van der Waals surface area contributed by atoms with Crippen molar-refractivity contribution >= 4 is 14.2 Å². The van der Waals surface area contributed by atoms with Gasteiger partial charge in [-0.05, 0) is 0 Å². The van der Waals surface area contributed by atoms with Crippen LogP contribution in [0.25, 0.3) is 0 Å². The Morgan fingerprint density at radius 2 is 2.00 bits per heavy atom. The van der Waals surface area contributed by atoms with Gasteiger partial charge in [0.1, 0.15) is 13.1 Å². The Bertz CT molecular complexity index is 236. The van der Waals surface area contributed by atoms with E-state index in [0.29, 0.717) is 0 Å². The molecule has 0 saturated heterocycles. The topological polar surface area (TPSA) is 64.8 Å². The summed E-state index contributed by atoms with van der Waals surface area (Å²) in [5.74, 6) is 0. The molecule has 0 radical (unpaired) electrons. The van der Waals surface area contributed by atoms with Crippen LogP contribution in [0.2, 0.25) is 0 Å². The van der Waals surface area contributed by atoms with Crippen LogP contribution >= 0.6 is 7.82 Å². The summed E-state index contributed by atoms with van der Waals surface area (Å²) in [4.78, 5) is 12.1. The minimum absolute atomic E-state index is 1.04. The van der Waals surface area contributed by atoms with Crippen LogP contribution in [0.1, 0.15) is 0 Å². The van der Waals surface area contributed by atoms with Crippen LogP contribution < -0.4 is 4.89 Å². The van der Waals surface area contributed by atoms with Gasteiger partial charge >= 0.3 is 0 Å². The number of hydrogen-bond donors (Lipinski definition) is 0. The van der Waals surface area contributed by atoms with E-state index in [1.807, 2.05) is 0 Å². The van der Waals surface area contributed by atoms with Crippen LogP contribution in [0.4, 0.5) is 0 Å². The van der Waals surface area contributed by atoms with Crippen molar-refractivity contribution in [1.82, 2.24) is 4.90 Å². The third-order valence-electron chi connectivity index (χ3n) is 1.65. The molecule has 6 nitrogen and oxygen atoms in total. The van der Waals surface area contributed by atoms with E-state index < -0.39 is 7.82 Å². The van der Waals surface area contributed by atoms with Crippen LogP contribution in [-0.4, -0.2) is 57.2 Å². The van der Waals surface area contributed by atoms with E-state index in [9.17, 15) is 9.46 Å².